The van der Waals surface area contributed by atoms with Gasteiger partial charge >= 0.3 is 0 Å². The number of anilines is 1. The van der Waals surface area contributed by atoms with Gasteiger partial charge in [0.2, 0.25) is 0 Å². The van der Waals surface area contributed by atoms with Gasteiger partial charge in [-0.2, -0.15) is 0 Å². The Morgan fingerprint density at radius 2 is 2.29 bits per heavy atom. The van der Waals surface area contributed by atoms with Gasteiger partial charge in [-0.25, -0.2) is 0 Å². The average Bonchev–Trinajstić information content (AvgIpc) is 3.03. The zero-order valence-corrected chi connectivity index (χ0v) is 12.6. The molecule has 0 spiro atoms. The molecular formula is C16H24N2O3. The molecular weight excluding hydrogens is 268 g/mol. The highest BCUT2D eigenvalue weighted by molar-refractivity contribution is 5.99. The molecule has 5 nitrogen and oxygen atoms in total. The Kier molecular flexibility index (Phi) is 6.50. The summed E-state index contributed by atoms with van der Waals surface area (Å²) < 4.78 is 11.0. The fourth-order valence-corrected chi connectivity index (χ4v) is 2.36. The Bertz CT molecular complexity index is 445. The van der Waals surface area contributed by atoms with Crippen molar-refractivity contribution in [3.63, 3.8) is 0 Å². The molecule has 1 heterocycles. The zero-order valence-electron chi connectivity index (χ0n) is 12.6. The first-order valence-corrected chi connectivity index (χ1v) is 7.55. The Balaban J connectivity index is 1.60. The van der Waals surface area contributed by atoms with Crippen molar-refractivity contribution < 1.29 is 14.3 Å². The van der Waals surface area contributed by atoms with E-state index in [1.165, 1.54) is 0 Å². The fourth-order valence-electron chi connectivity index (χ4n) is 2.36. The number of carbonyl (C=O) groups excluding carboxylic acids is 1. The SMILES string of the molecule is CNc1ccccc1C(=O)NCCCOCC1CCCO1. The van der Waals surface area contributed by atoms with Gasteiger partial charge < -0.3 is 20.1 Å². The van der Waals surface area contributed by atoms with Crippen LogP contribution in [0.5, 0.6) is 0 Å². The number of amides is 1. The Labute approximate surface area is 126 Å². The number of benzene rings is 1. The number of para-hydroxylation sites is 1. The van der Waals surface area contributed by atoms with Gasteiger partial charge in [-0.3, -0.25) is 4.79 Å². The summed E-state index contributed by atoms with van der Waals surface area (Å²) in [6.07, 6.45) is 3.30. The molecule has 1 atom stereocenters. The lowest BCUT2D eigenvalue weighted by molar-refractivity contribution is 0.0166. The maximum atomic E-state index is 12.1. The number of hydrogen-bond acceptors (Lipinski definition) is 4. The second-order valence-corrected chi connectivity index (χ2v) is 5.11. The van der Waals surface area contributed by atoms with Crippen LogP contribution in [0.3, 0.4) is 0 Å². The molecule has 0 aliphatic carbocycles. The van der Waals surface area contributed by atoms with Crippen LogP contribution in [0.4, 0.5) is 5.69 Å². The number of carbonyl (C=O) groups is 1. The van der Waals surface area contributed by atoms with Crippen LogP contribution in [0.15, 0.2) is 24.3 Å². The predicted molar refractivity (Wildman–Crippen MR) is 82.7 cm³/mol. The van der Waals surface area contributed by atoms with E-state index in [4.69, 9.17) is 9.47 Å². The van der Waals surface area contributed by atoms with Crippen molar-refractivity contribution in [3.05, 3.63) is 29.8 Å². The first-order chi connectivity index (χ1) is 10.3. The molecule has 1 fully saturated rings. The molecule has 2 N–H and O–H groups in total. The quantitative estimate of drug-likeness (QED) is 0.720. The minimum absolute atomic E-state index is 0.0564. The maximum absolute atomic E-state index is 12.1. The van der Waals surface area contributed by atoms with E-state index in [2.05, 4.69) is 10.6 Å². The van der Waals surface area contributed by atoms with Gasteiger partial charge in [0.05, 0.1) is 18.3 Å². The molecule has 1 aliphatic rings. The highest BCUT2D eigenvalue weighted by Gasteiger charge is 2.15. The minimum Gasteiger partial charge on any atom is -0.387 e. The van der Waals surface area contributed by atoms with Gasteiger partial charge in [-0.05, 0) is 31.4 Å². The van der Waals surface area contributed by atoms with Crippen LogP contribution >= 0.6 is 0 Å². The smallest absolute Gasteiger partial charge is 0.253 e. The molecule has 0 saturated carbocycles. The van der Waals surface area contributed by atoms with Gasteiger partial charge in [-0.15, -0.1) is 0 Å². The molecule has 0 bridgehead atoms. The van der Waals surface area contributed by atoms with Crippen LogP contribution in [0.1, 0.15) is 29.6 Å². The molecule has 5 heteroatoms. The Morgan fingerprint density at radius 3 is 3.05 bits per heavy atom. The maximum Gasteiger partial charge on any atom is 0.253 e. The van der Waals surface area contributed by atoms with Crippen LogP contribution in [0.25, 0.3) is 0 Å². The van der Waals surface area contributed by atoms with E-state index in [1.54, 1.807) is 0 Å². The van der Waals surface area contributed by atoms with Crippen molar-refractivity contribution in [2.75, 3.05) is 38.7 Å². The van der Waals surface area contributed by atoms with Crippen molar-refractivity contribution in [1.82, 2.24) is 5.32 Å². The summed E-state index contributed by atoms with van der Waals surface area (Å²) in [5.41, 5.74) is 1.50. The fraction of sp³-hybridized carbons (Fsp3) is 0.562. The number of hydrogen-bond donors (Lipinski definition) is 2. The van der Waals surface area contributed by atoms with E-state index < -0.39 is 0 Å². The molecule has 21 heavy (non-hydrogen) atoms. The van der Waals surface area contributed by atoms with E-state index in [-0.39, 0.29) is 12.0 Å². The van der Waals surface area contributed by atoms with Gasteiger partial charge in [0.15, 0.2) is 0 Å². The standard InChI is InChI=1S/C16H24N2O3/c1-17-15-8-3-2-7-14(15)16(19)18-9-5-10-20-12-13-6-4-11-21-13/h2-3,7-8,13,17H,4-6,9-12H2,1H3,(H,18,19). The summed E-state index contributed by atoms with van der Waals surface area (Å²) in [7, 11) is 1.81. The topological polar surface area (TPSA) is 59.6 Å². The highest BCUT2D eigenvalue weighted by Crippen LogP contribution is 2.14. The van der Waals surface area contributed by atoms with Crippen molar-refractivity contribution in [1.29, 1.82) is 0 Å². The summed E-state index contributed by atoms with van der Waals surface area (Å²) in [5.74, 6) is -0.0564. The number of rotatable bonds is 8. The monoisotopic (exact) mass is 292 g/mol. The summed E-state index contributed by atoms with van der Waals surface area (Å²) in [6, 6.07) is 7.47. The molecule has 1 amide bonds. The molecule has 2 rings (SSSR count). The average molecular weight is 292 g/mol. The highest BCUT2D eigenvalue weighted by atomic mass is 16.5. The van der Waals surface area contributed by atoms with Crippen LogP contribution in [-0.4, -0.2) is 45.4 Å². The summed E-state index contributed by atoms with van der Waals surface area (Å²) in [4.78, 5) is 12.1. The second-order valence-electron chi connectivity index (χ2n) is 5.11. The molecule has 116 valence electrons. The van der Waals surface area contributed by atoms with E-state index in [0.29, 0.717) is 25.3 Å². The second kappa shape index (κ2) is 8.64. The molecule has 1 aromatic carbocycles. The zero-order chi connectivity index (χ0) is 14.9. The molecule has 1 aliphatic heterocycles. The van der Waals surface area contributed by atoms with Crippen LogP contribution < -0.4 is 10.6 Å². The van der Waals surface area contributed by atoms with Crippen molar-refractivity contribution >= 4 is 11.6 Å². The van der Waals surface area contributed by atoms with Gasteiger partial charge in [-0.1, -0.05) is 12.1 Å². The lowest BCUT2D eigenvalue weighted by Crippen LogP contribution is -2.26. The van der Waals surface area contributed by atoms with Crippen LogP contribution in [0, 0.1) is 0 Å². The molecule has 1 aromatic rings. The van der Waals surface area contributed by atoms with Gasteiger partial charge in [0.1, 0.15) is 0 Å². The van der Waals surface area contributed by atoms with Crippen molar-refractivity contribution in [2.24, 2.45) is 0 Å². The third kappa shape index (κ3) is 5.02. The van der Waals surface area contributed by atoms with Crippen LogP contribution in [-0.2, 0) is 9.47 Å². The Morgan fingerprint density at radius 1 is 1.43 bits per heavy atom. The Hall–Kier alpha value is -1.59. The summed E-state index contributed by atoms with van der Waals surface area (Å²) in [6.45, 7) is 2.78. The third-order valence-corrected chi connectivity index (χ3v) is 3.52. The minimum atomic E-state index is -0.0564. The number of ether oxygens (including phenoxy) is 2. The predicted octanol–water partition coefficient (Wildman–Crippen LogP) is 2.04. The number of nitrogens with one attached hydrogen (secondary N) is 2. The summed E-state index contributed by atoms with van der Waals surface area (Å²) >= 11 is 0. The van der Waals surface area contributed by atoms with E-state index in [0.717, 1.165) is 31.6 Å². The van der Waals surface area contributed by atoms with E-state index >= 15 is 0 Å². The third-order valence-electron chi connectivity index (χ3n) is 3.52. The molecule has 1 unspecified atom stereocenters. The largest absolute Gasteiger partial charge is 0.387 e. The lowest BCUT2D eigenvalue weighted by atomic mass is 10.1. The molecule has 0 radical (unpaired) electrons. The van der Waals surface area contributed by atoms with Crippen molar-refractivity contribution in [2.45, 2.75) is 25.4 Å². The first kappa shape index (κ1) is 15.8. The first-order valence-electron chi connectivity index (χ1n) is 7.55. The normalized spacial score (nSPS) is 17.7. The van der Waals surface area contributed by atoms with E-state index in [1.807, 2.05) is 31.3 Å². The van der Waals surface area contributed by atoms with E-state index in [9.17, 15) is 4.79 Å². The molecule has 1 saturated heterocycles. The summed E-state index contributed by atoms with van der Waals surface area (Å²) in [5, 5.41) is 5.93. The van der Waals surface area contributed by atoms with Gasteiger partial charge in [0, 0.05) is 32.5 Å². The van der Waals surface area contributed by atoms with Crippen molar-refractivity contribution in [3.8, 4) is 0 Å². The molecule has 0 aromatic heterocycles. The van der Waals surface area contributed by atoms with Crippen LogP contribution in [0.2, 0.25) is 0 Å². The lowest BCUT2D eigenvalue weighted by Gasteiger charge is -2.11. The van der Waals surface area contributed by atoms with Gasteiger partial charge in [0.25, 0.3) is 5.91 Å².